The van der Waals surface area contributed by atoms with E-state index in [0.717, 1.165) is 15.6 Å². The summed E-state index contributed by atoms with van der Waals surface area (Å²) < 4.78 is 1.04. The number of carbonyl (C=O) groups excluding carboxylic acids is 1. The van der Waals surface area contributed by atoms with Gasteiger partial charge in [-0.3, -0.25) is 4.79 Å². The Kier molecular flexibility index (Phi) is 2.79. The predicted molar refractivity (Wildman–Crippen MR) is 65.7 cm³/mol. The van der Waals surface area contributed by atoms with E-state index in [4.69, 9.17) is 0 Å². The van der Waals surface area contributed by atoms with Crippen molar-refractivity contribution in [1.82, 2.24) is 0 Å². The van der Waals surface area contributed by atoms with Crippen molar-refractivity contribution in [2.45, 2.75) is 20.3 Å². The molecule has 0 N–H and O–H groups in total. The van der Waals surface area contributed by atoms with Crippen LogP contribution in [0.1, 0.15) is 25.0 Å². The molecule has 1 aliphatic carbocycles. The Hall–Kier alpha value is -0.890. The fourth-order valence-electron chi connectivity index (χ4n) is 1.96. The van der Waals surface area contributed by atoms with Crippen LogP contribution in [-0.4, -0.2) is 5.78 Å². The van der Waals surface area contributed by atoms with Crippen LogP contribution in [-0.2, 0) is 11.2 Å². The van der Waals surface area contributed by atoms with Crippen LogP contribution in [0, 0.1) is 5.92 Å². The van der Waals surface area contributed by atoms with Gasteiger partial charge in [-0.05, 0) is 40.8 Å². The SMILES string of the molecule is CC(C)C1=CC(=O)Cc2cc(Br)ccc21. The van der Waals surface area contributed by atoms with Gasteiger partial charge in [-0.1, -0.05) is 35.8 Å². The number of fused-ring (bicyclic) bond motifs is 1. The number of carbonyl (C=O) groups is 1. The summed E-state index contributed by atoms with van der Waals surface area (Å²) >= 11 is 3.44. The molecule has 0 atom stereocenters. The zero-order valence-electron chi connectivity index (χ0n) is 8.88. The van der Waals surface area contributed by atoms with Gasteiger partial charge >= 0.3 is 0 Å². The minimum absolute atomic E-state index is 0.212. The topological polar surface area (TPSA) is 17.1 Å². The first kappa shape index (κ1) is 10.6. The van der Waals surface area contributed by atoms with Crippen molar-refractivity contribution >= 4 is 27.3 Å². The van der Waals surface area contributed by atoms with E-state index in [9.17, 15) is 4.79 Å². The first-order chi connectivity index (χ1) is 7.08. The predicted octanol–water partition coefficient (Wildman–Crippen LogP) is 3.61. The van der Waals surface area contributed by atoms with Crippen molar-refractivity contribution in [3.63, 3.8) is 0 Å². The third-order valence-corrected chi connectivity index (χ3v) is 3.17. The molecule has 2 heteroatoms. The molecule has 0 radical (unpaired) electrons. The number of rotatable bonds is 1. The summed E-state index contributed by atoms with van der Waals surface area (Å²) in [6.07, 6.45) is 2.33. The number of hydrogen-bond acceptors (Lipinski definition) is 1. The van der Waals surface area contributed by atoms with E-state index in [1.54, 1.807) is 6.08 Å². The minimum atomic E-state index is 0.212. The van der Waals surface area contributed by atoms with Gasteiger partial charge < -0.3 is 0 Å². The Morgan fingerprint density at radius 2 is 2.07 bits per heavy atom. The van der Waals surface area contributed by atoms with Gasteiger partial charge in [-0.15, -0.1) is 0 Å². The average Bonchev–Trinajstić information content (AvgIpc) is 2.15. The maximum atomic E-state index is 11.6. The zero-order chi connectivity index (χ0) is 11.0. The largest absolute Gasteiger partial charge is 0.294 e. The molecular formula is C13H13BrO. The molecule has 0 amide bonds. The molecular weight excluding hydrogens is 252 g/mol. The van der Waals surface area contributed by atoms with Crippen LogP contribution in [0.4, 0.5) is 0 Å². The van der Waals surface area contributed by atoms with Crippen molar-refractivity contribution in [2.75, 3.05) is 0 Å². The van der Waals surface area contributed by atoms with Gasteiger partial charge in [0.1, 0.15) is 0 Å². The molecule has 0 heterocycles. The highest BCUT2D eigenvalue weighted by molar-refractivity contribution is 9.10. The first-order valence-corrected chi connectivity index (χ1v) is 5.90. The molecule has 0 spiro atoms. The van der Waals surface area contributed by atoms with Crippen LogP contribution < -0.4 is 0 Å². The average molecular weight is 265 g/mol. The van der Waals surface area contributed by atoms with Crippen LogP contribution >= 0.6 is 15.9 Å². The van der Waals surface area contributed by atoms with Crippen molar-refractivity contribution < 1.29 is 4.79 Å². The third-order valence-electron chi connectivity index (χ3n) is 2.68. The molecule has 0 saturated carbocycles. The van der Waals surface area contributed by atoms with Crippen LogP contribution in [0.5, 0.6) is 0 Å². The summed E-state index contributed by atoms with van der Waals surface area (Å²) in [7, 11) is 0. The molecule has 0 fully saturated rings. The number of allylic oxidation sites excluding steroid dienone is 2. The summed E-state index contributed by atoms with van der Waals surface area (Å²) in [6, 6.07) is 6.17. The highest BCUT2D eigenvalue weighted by Gasteiger charge is 2.19. The lowest BCUT2D eigenvalue weighted by atomic mass is 9.85. The van der Waals surface area contributed by atoms with Gasteiger partial charge in [-0.25, -0.2) is 0 Å². The molecule has 0 bridgehead atoms. The normalized spacial score (nSPS) is 15.2. The van der Waals surface area contributed by atoms with E-state index in [0.29, 0.717) is 12.3 Å². The molecule has 1 aromatic carbocycles. The zero-order valence-corrected chi connectivity index (χ0v) is 10.5. The van der Waals surface area contributed by atoms with Gasteiger partial charge in [0.25, 0.3) is 0 Å². The van der Waals surface area contributed by atoms with Gasteiger partial charge in [-0.2, -0.15) is 0 Å². The van der Waals surface area contributed by atoms with Gasteiger partial charge in [0, 0.05) is 10.9 Å². The highest BCUT2D eigenvalue weighted by Crippen LogP contribution is 2.31. The van der Waals surface area contributed by atoms with Gasteiger partial charge in [0.2, 0.25) is 0 Å². The van der Waals surface area contributed by atoms with Crippen molar-refractivity contribution in [1.29, 1.82) is 0 Å². The molecule has 15 heavy (non-hydrogen) atoms. The van der Waals surface area contributed by atoms with Crippen LogP contribution in [0.15, 0.2) is 28.7 Å². The van der Waals surface area contributed by atoms with Crippen molar-refractivity contribution in [2.24, 2.45) is 5.92 Å². The number of halogens is 1. The van der Waals surface area contributed by atoms with E-state index in [1.165, 1.54) is 5.56 Å². The lowest BCUT2D eigenvalue weighted by Crippen LogP contribution is -2.11. The lowest BCUT2D eigenvalue weighted by Gasteiger charge is -2.20. The molecule has 1 aromatic rings. The summed E-state index contributed by atoms with van der Waals surface area (Å²) in [6.45, 7) is 4.24. The smallest absolute Gasteiger partial charge is 0.160 e. The molecule has 0 aliphatic heterocycles. The number of benzene rings is 1. The summed E-state index contributed by atoms with van der Waals surface area (Å²) in [5.41, 5.74) is 3.53. The summed E-state index contributed by atoms with van der Waals surface area (Å²) in [5, 5.41) is 0. The fraction of sp³-hybridized carbons (Fsp3) is 0.308. The monoisotopic (exact) mass is 264 g/mol. The van der Waals surface area contributed by atoms with Crippen LogP contribution in [0.25, 0.3) is 5.57 Å². The van der Waals surface area contributed by atoms with E-state index in [-0.39, 0.29) is 5.78 Å². The molecule has 0 unspecified atom stereocenters. The molecule has 0 saturated heterocycles. The Bertz CT molecular complexity index is 444. The van der Waals surface area contributed by atoms with E-state index in [1.807, 2.05) is 12.1 Å². The highest BCUT2D eigenvalue weighted by atomic mass is 79.9. The van der Waals surface area contributed by atoms with Crippen LogP contribution in [0.2, 0.25) is 0 Å². The van der Waals surface area contributed by atoms with E-state index in [2.05, 4.69) is 35.8 Å². The Labute approximate surface area is 98.3 Å². The first-order valence-electron chi connectivity index (χ1n) is 5.11. The van der Waals surface area contributed by atoms with E-state index >= 15 is 0 Å². The Balaban J connectivity index is 2.56. The standard InChI is InChI=1S/C13H13BrO/c1-8(2)13-7-11(15)6-9-5-10(14)3-4-12(9)13/h3-5,7-8H,6H2,1-2H3. The molecule has 1 nitrogen and oxygen atoms in total. The van der Waals surface area contributed by atoms with Gasteiger partial charge in [0.15, 0.2) is 5.78 Å². The van der Waals surface area contributed by atoms with Crippen molar-refractivity contribution in [3.05, 3.63) is 39.9 Å². The quantitative estimate of drug-likeness (QED) is 0.758. The Morgan fingerprint density at radius 3 is 2.73 bits per heavy atom. The minimum Gasteiger partial charge on any atom is -0.294 e. The second kappa shape index (κ2) is 3.93. The molecule has 2 rings (SSSR count). The second-order valence-corrected chi connectivity index (χ2v) is 5.11. The van der Waals surface area contributed by atoms with Crippen molar-refractivity contribution in [3.8, 4) is 0 Å². The maximum Gasteiger partial charge on any atom is 0.160 e. The van der Waals surface area contributed by atoms with E-state index < -0.39 is 0 Å². The second-order valence-electron chi connectivity index (χ2n) is 4.20. The third kappa shape index (κ3) is 2.05. The summed E-state index contributed by atoms with van der Waals surface area (Å²) in [5.74, 6) is 0.610. The van der Waals surface area contributed by atoms with Crippen LogP contribution in [0.3, 0.4) is 0 Å². The molecule has 1 aliphatic rings. The molecule has 0 aromatic heterocycles. The fourth-order valence-corrected chi connectivity index (χ4v) is 2.37. The number of ketones is 1. The Morgan fingerprint density at radius 1 is 1.33 bits per heavy atom. The molecule has 78 valence electrons. The summed E-state index contributed by atoms with van der Waals surface area (Å²) in [4.78, 5) is 11.6. The maximum absolute atomic E-state index is 11.6. The van der Waals surface area contributed by atoms with Gasteiger partial charge in [0.05, 0.1) is 0 Å². The lowest BCUT2D eigenvalue weighted by molar-refractivity contribution is -0.114. The number of hydrogen-bond donors (Lipinski definition) is 0.